The van der Waals surface area contributed by atoms with Gasteiger partial charge >= 0.3 is 5.97 Å². The van der Waals surface area contributed by atoms with Gasteiger partial charge in [0.05, 0.1) is 17.3 Å². The number of carbonyl (C=O) groups is 2. The largest absolute Gasteiger partial charge is 0.488 e. The minimum absolute atomic E-state index is 0.174. The predicted octanol–water partition coefficient (Wildman–Crippen LogP) is 5.30. The summed E-state index contributed by atoms with van der Waals surface area (Å²) in [4.78, 5) is 23.9. The van der Waals surface area contributed by atoms with Crippen molar-refractivity contribution in [2.75, 3.05) is 0 Å². The summed E-state index contributed by atoms with van der Waals surface area (Å²) >= 11 is 0. The molecule has 0 saturated carbocycles. The summed E-state index contributed by atoms with van der Waals surface area (Å²) in [5, 5.41) is 13.2. The quantitative estimate of drug-likeness (QED) is 0.278. The molecule has 0 spiro atoms. The van der Waals surface area contributed by atoms with Crippen molar-refractivity contribution in [3.63, 3.8) is 0 Å². The molecular formula is C27H22N2O5. The highest BCUT2D eigenvalue weighted by molar-refractivity contribution is 5.97. The fourth-order valence-corrected chi connectivity index (χ4v) is 3.32. The summed E-state index contributed by atoms with van der Waals surface area (Å²) in [7, 11) is 0. The summed E-state index contributed by atoms with van der Waals surface area (Å²) in [6.07, 6.45) is 1.38. The first-order valence-corrected chi connectivity index (χ1v) is 10.5. The maximum atomic E-state index is 12.6. The van der Waals surface area contributed by atoms with E-state index in [1.54, 1.807) is 54.6 Å². The lowest BCUT2D eigenvalue weighted by Crippen LogP contribution is -2.18. The zero-order valence-corrected chi connectivity index (χ0v) is 18.4. The van der Waals surface area contributed by atoms with Crippen LogP contribution >= 0.6 is 0 Å². The van der Waals surface area contributed by atoms with Gasteiger partial charge < -0.3 is 14.3 Å². The van der Waals surface area contributed by atoms with Gasteiger partial charge in [0.2, 0.25) is 0 Å². The molecule has 0 aliphatic rings. The Bertz CT molecular complexity index is 1340. The van der Waals surface area contributed by atoms with Gasteiger partial charge in [0.25, 0.3) is 5.91 Å². The van der Waals surface area contributed by atoms with Crippen molar-refractivity contribution >= 4 is 18.1 Å². The lowest BCUT2D eigenvalue weighted by atomic mass is 10.0. The highest BCUT2D eigenvalue weighted by Crippen LogP contribution is 2.26. The van der Waals surface area contributed by atoms with Crippen LogP contribution in [0.15, 0.2) is 94.4 Å². The number of furan rings is 1. The van der Waals surface area contributed by atoms with E-state index in [-0.39, 0.29) is 5.56 Å². The van der Waals surface area contributed by atoms with Gasteiger partial charge in [0, 0.05) is 5.56 Å². The lowest BCUT2D eigenvalue weighted by Gasteiger charge is -2.10. The Balaban J connectivity index is 1.42. The van der Waals surface area contributed by atoms with E-state index in [1.807, 2.05) is 37.3 Å². The fourth-order valence-electron chi connectivity index (χ4n) is 3.32. The van der Waals surface area contributed by atoms with E-state index in [2.05, 4.69) is 10.5 Å². The molecule has 0 radical (unpaired) electrons. The third kappa shape index (κ3) is 5.39. The van der Waals surface area contributed by atoms with E-state index in [1.165, 1.54) is 6.21 Å². The van der Waals surface area contributed by atoms with Crippen LogP contribution in [-0.4, -0.2) is 23.2 Å². The number of hydrazone groups is 1. The maximum absolute atomic E-state index is 12.6. The number of carbonyl (C=O) groups excluding carboxylic acids is 1. The van der Waals surface area contributed by atoms with Crippen molar-refractivity contribution in [1.29, 1.82) is 0 Å². The van der Waals surface area contributed by atoms with Crippen molar-refractivity contribution in [3.8, 4) is 17.1 Å². The number of rotatable bonds is 8. The van der Waals surface area contributed by atoms with Gasteiger partial charge in [-0.1, -0.05) is 48.5 Å². The highest BCUT2D eigenvalue weighted by atomic mass is 16.5. The summed E-state index contributed by atoms with van der Waals surface area (Å²) < 4.78 is 11.6. The van der Waals surface area contributed by atoms with Crippen LogP contribution in [0.1, 0.15) is 37.6 Å². The van der Waals surface area contributed by atoms with Crippen molar-refractivity contribution in [3.05, 3.63) is 113 Å². The average Bonchev–Trinajstić information content (AvgIpc) is 3.32. The topological polar surface area (TPSA) is 101 Å². The second kappa shape index (κ2) is 10.3. The number of carboxylic acid groups (broad SMARTS) is 1. The standard InChI is InChI=1S/C27H22N2O5/c1-18-11-12-20(27(31)32)15-23(18)25-14-13-21(34-25)16-28-29-26(30)22-9-5-6-10-24(22)33-17-19-7-3-2-4-8-19/h2-16H,17H2,1H3,(H,29,30)(H,31,32)/b28-16+. The van der Waals surface area contributed by atoms with E-state index in [4.69, 9.17) is 9.15 Å². The molecule has 0 aliphatic carbocycles. The zero-order valence-electron chi connectivity index (χ0n) is 18.4. The molecule has 4 rings (SSSR count). The monoisotopic (exact) mass is 454 g/mol. The maximum Gasteiger partial charge on any atom is 0.335 e. The number of ether oxygens (including phenoxy) is 1. The summed E-state index contributed by atoms with van der Waals surface area (Å²) in [5.41, 5.74) is 5.56. The van der Waals surface area contributed by atoms with Crippen LogP contribution in [0.4, 0.5) is 0 Å². The fraction of sp³-hybridized carbons (Fsp3) is 0.0741. The van der Waals surface area contributed by atoms with Gasteiger partial charge in [-0.2, -0.15) is 5.10 Å². The first kappa shape index (κ1) is 22.5. The van der Waals surface area contributed by atoms with Crippen molar-refractivity contribution in [2.24, 2.45) is 5.10 Å². The van der Waals surface area contributed by atoms with Crippen LogP contribution in [0.25, 0.3) is 11.3 Å². The lowest BCUT2D eigenvalue weighted by molar-refractivity contribution is 0.0696. The molecule has 4 aromatic rings. The van der Waals surface area contributed by atoms with Gasteiger partial charge in [-0.05, 0) is 54.4 Å². The first-order valence-electron chi connectivity index (χ1n) is 10.5. The number of para-hydroxylation sites is 1. The van der Waals surface area contributed by atoms with Crippen LogP contribution in [0.2, 0.25) is 0 Å². The number of hydrogen-bond donors (Lipinski definition) is 2. The first-order chi connectivity index (χ1) is 16.5. The van der Waals surface area contributed by atoms with E-state index in [0.717, 1.165) is 11.1 Å². The Kier molecular flexibility index (Phi) is 6.84. The van der Waals surface area contributed by atoms with E-state index in [0.29, 0.717) is 35.0 Å². The minimum Gasteiger partial charge on any atom is -0.488 e. The molecule has 0 saturated heterocycles. The van der Waals surface area contributed by atoms with Crippen LogP contribution in [-0.2, 0) is 6.61 Å². The van der Waals surface area contributed by atoms with E-state index < -0.39 is 11.9 Å². The van der Waals surface area contributed by atoms with Gasteiger partial charge in [-0.15, -0.1) is 0 Å². The molecule has 2 N–H and O–H groups in total. The molecule has 0 atom stereocenters. The Morgan fingerprint density at radius 1 is 1.00 bits per heavy atom. The third-order valence-electron chi connectivity index (χ3n) is 5.10. The molecule has 0 unspecified atom stereocenters. The number of hydrogen-bond acceptors (Lipinski definition) is 5. The van der Waals surface area contributed by atoms with Crippen LogP contribution in [0.5, 0.6) is 5.75 Å². The van der Waals surface area contributed by atoms with Crippen LogP contribution < -0.4 is 10.2 Å². The summed E-state index contributed by atoms with van der Waals surface area (Å²) in [6.45, 7) is 2.21. The molecule has 1 amide bonds. The zero-order chi connectivity index (χ0) is 23.9. The molecule has 0 aliphatic heterocycles. The SMILES string of the molecule is Cc1ccc(C(=O)O)cc1-c1ccc(/C=N/NC(=O)c2ccccc2OCc2ccccc2)o1. The molecule has 1 heterocycles. The number of aryl methyl sites for hydroxylation is 1. The molecule has 34 heavy (non-hydrogen) atoms. The molecule has 7 heteroatoms. The van der Waals surface area contributed by atoms with Gasteiger partial charge in [-0.3, -0.25) is 4.79 Å². The number of aromatic carboxylic acids is 1. The van der Waals surface area contributed by atoms with E-state index >= 15 is 0 Å². The smallest absolute Gasteiger partial charge is 0.335 e. The second-order valence-electron chi connectivity index (χ2n) is 7.51. The molecular weight excluding hydrogens is 432 g/mol. The number of nitrogens with zero attached hydrogens (tertiary/aromatic N) is 1. The molecule has 0 bridgehead atoms. The third-order valence-corrected chi connectivity index (χ3v) is 5.10. The Labute approximate surface area is 196 Å². The second-order valence-corrected chi connectivity index (χ2v) is 7.51. The number of amides is 1. The minimum atomic E-state index is -1.01. The number of carboxylic acids is 1. The molecule has 0 fully saturated rings. The van der Waals surface area contributed by atoms with E-state index in [9.17, 15) is 14.7 Å². The summed E-state index contributed by atoms with van der Waals surface area (Å²) in [6, 6.07) is 24.9. The molecule has 170 valence electrons. The summed E-state index contributed by atoms with van der Waals surface area (Å²) in [5.74, 6) is -0.0628. The average molecular weight is 454 g/mol. The van der Waals surface area contributed by atoms with Crippen LogP contribution in [0.3, 0.4) is 0 Å². The highest BCUT2D eigenvalue weighted by Gasteiger charge is 2.13. The Morgan fingerprint density at radius 3 is 2.56 bits per heavy atom. The number of benzene rings is 3. The number of nitrogens with one attached hydrogen (secondary N) is 1. The molecule has 1 aromatic heterocycles. The van der Waals surface area contributed by atoms with Gasteiger partial charge in [-0.25, -0.2) is 10.2 Å². The molecule has 7 nitrogen and oxygen atoms in total. The normalized spacial score (nSPS) is 10.9. The van der Waals surface area contributed by atoms with Gasteiger partial charge in [0.15, 0.2) is 0 Å². The van der Waals surface area contributed by atoms with Crippen molar-refractivity contribution in [2.45, 2.75) is 13.5 Å². The van der Waals surface area contributed by atoms with Gasteiger partial charge in [0.1, 0.15) is 23.9 Å². The molecule has 3 aromatic carbocycles. The Morgan fingerprint density at radius 2 is 1.76 bits per heavy atom. The van der Waals surface area contributed by atoms with Crippen molar-refractivity contribution in [1.82, 2.24) is 5.43 Å². The Hall–Kier alpha value is -4.65. The predicted molar refractivity (Wildman–Crippen MR) is 128 cm³/mol. The van der Waals surface area contributed by atoms with Crippen molar-refractivity contribution < 1.29 is 23.8 Å². The van der Waals surface area contributed by atoms with Crippen LogP contribution in [0, 0.1) is 6.92 Å².